The molecule has 1 saturated heterocycles. The molecule has 1 aliphatic heterocycles. The SMILES string of the molecule is Cc1ccc(COc2ccc(Oc3c(C)cc(/C(=C\C=O)N4CCN(Cc5ccc(COCc6ccc(F)cc6)cc5)CC4)cc3Cl)nc2)cc1. The summed E-state index contributed by atoms with van der Waals surface area (Å²) in [6.07, 6.45) is 4.07. The molecule has 0 unspecified atom stereocenters. The van der Waals surface area contributed by atoms with Crippen LogP contribution in [0.15, 0.2) is 109 Å². The van der Waals surface area contributed by atoms with Gasteiger partial charge in [0.05, 0.1) is 24.4 Å². The Bertz CT molecular complexity index is 1900. The van der Waals surface area contributed by atoms with Crippen molar-refractivity contribution in [2.75, 3.05) is 26.2 Å². The Balaban J connectivity index is 1.00. The Morgan fingerprint density at radius 2 is 1.43 bits per heavy atom. The predicted molar refractivity (Wildman–Crippen MR) is 198 cm³/mol. The fraction of sp³-hybridized carbons (Fsp3) is 0.238. The van der Waals surface area contributed by atoms with E-state index in [1.807, 2.05) is 37.3 Å². The third kappa shape index (κ3) is 10.0. The van der Waals surface area contributed by atoms with Gasteiger partial charge in [-0.3, -0.25) is 9.69 Å². The molecule has 262 valence electrons. The number of ether oxygens (including phenoxy) is 3. The second-order valence-corrected chi connectivity index (χ2v) is 13.1. The van der Waals surface area contributed by atoms with Crippen molar-refractivity contribution in [1.29, 1.82) is 0 Å². The van der Waals surface area contributed by atoms with Crippen molar-refractivity contribution < 1.29 is 23.4 Å². The van der Waals surface area contributed by atoms with Crippen LogP contribution in [0, 0.1) is 19.7 Å². The summed E-state index contributed by atoms with van der Waals surface area (Å²) in [5.41, 5.74) is 8.07. The number of hydrogen-bond acceptors (Lipinski definition) is 7. The van der Waals surface area contributed by atoms with E-state index in [4.69, 9.17) is 25.8 Å². The standard InChI is InChI=1S/C42H41ClFN3O4/c1-30-3-5-35(6-4-30)29-50-38-15-16-41(45-25-38)51-42-31(2)23-36(24-39(42)43)40(17-22-48)47-20-18-46(19-21-47)26-32-7-9-33(10-8-32)27-49-28-34-11-13-37(44)14-12-34/h3-17,22-25H,18-21,26-29H2,1-2H3/b40-17+. The van der Waals surface area contributed by atoms with E-state index < -0.39 is 0 Å². The van der Waals surface area contributed by atoms with Gasteiger partial charge in [0.15, 0.2) is 5.75 Å². The Hall–Kier alpha value is -5.02. The van der Waals surface area contributed by atoms with E-state index in [2.05, 4.69) is 58.1 Å². The minimum atomic E-state index is -0.247. The highest BCUT2D eigenvalue weighted by molar-refractivity contribution is 6.32. The first-order valence-corrected chi connectivity index (χ1v) is 17.4. The summed E-state index contributed by atoms with van der Waals surface area (Å²) in [5.74, 6) is 1.31. The molecule has 1 aromatic heterocycles. The highest BCUT2D eigenvalue weighted by Crippen LogP contribution is 2.36. The average molecular weight is 706 g/mol. The number of aromatic nitrogens is 1. The lowest BCUT2D eigenvalue weighted by atomic mass is 10.1. The summed E-state index contributed by atoms with van der Waals surface area (Å²) < 4.78 is 30.9. The largest absolute Gasteiger partial charge is 0.487 e. The number of rotatable bonds is 14. The molecule has 4 aromatic carbocycles. The van der Waals surface area contributed by atoms with E-state index in [0.717, 1.165) is 72.5 Å². The summed E-state index contributed by atoms with van der Waals surface area (Å²) in [6, 6.07) is 30.5. The normalized spacial score (nSPS) is 13.6. The molecule has 6 rings (SSSR count). The van der Waals surface area contributed by atoms with E-state index in [-0.39, 0.29) is 5.82 Å². The van der Waals surface area contributed by atoms with Gasteiger partial charge < -0.3 is 19.1 Å². The molecular formula is C42H41ClFN3O4. The number of piperazine rings is 1. The topological polar surface area (TPSA) is 64.1 Å². The molecule has 2 heterocycles. The minimum Gasteiger partial charge on any atom is -0.487 e. The predicted octanol–water partition coefficient (Wildman–Crippen LogP) is 8.94. The molecule has 0 spiro atoms. The van der Waals surface area contributed by atoms with Gasteiger partial charge in [-0.2, -0.15) is 0 Å². The number of carbonyl (C=O) groups is 1. The number of pyridine rings is 1. The molecule has 5 aromatic rings. The zero-order valence-electron chi connectivity index (χ0n) is 28.9. The van der Waals surface area contributed by atoms with Crippen LogP contribution in [0.4, 0.5) is 4.39 Å². The second-order valence-electron chi connectivity index (χ2n) is 12.7. The van der Waals surface area contributed by atoms with Crippen LogP contribution in [0.1, 0.15) is 38.9 Å². The van der Waals surface area contributed by atoms with E-state index >= 15 is 0 Å². The molecule has 0 bridgehead atoms. The lowest BCUT2D eigenvalue weighted by molar-refractivity contribution is -0.104. The maximum Gasteiger partial charge on any atom is 0.219 e. The number of carbonyl (C=O) groups excluding carboxylic acids is 1. The number of hydrogen-bond donors (Lipinski definition) is 0. The fourth-order valence-electron chi connectivity index (χ4n) is 5.94. The van der Waals surface area contributed by atoms with E-state index in [1.54, 1.807) is 30.5 Å². The number of halogens is 2. The minimum absolute atomic E-state index is 0.247. The van der Waals surface area contributed by atoms with Crippen molar-refractivity contribution in [3.63, 3.8) is 0 Å². The number of benzene rings is 4. The summed E-state index contributed by atoms with van der Waals surface area (Å²) in [6.45, 7) is 9.45. The van der Waals surface area contributed by atoms with Gasteiger partial charge in [0.2, 0.25) is 5.88 Å². The maximum atomic E-state index is 13.1. The van der Waals surface area contributed by atoms with Crippen LogP contribution in [0.2, 0.25) is 5.02 Å². The van der Waals surface area contributed by atoms with E-state index in [9.17, 15) is 9.18 Å². The average Bonchev–Trinajstić information content (AvgIpc) is 3.14. The van der Waals surface area contributed by atoms with Crippen LogP contribution >= 0.6 is 11.6 Å². The summed E-state index contributed by atoms with van der Waals surface area (Å²) in [7, 11) is 0. The molecule has 51 heavy (non-hydrogen) atoms. The zero-order chi connectivity index (χ0) is 35.6. The van der Waals surface area contributed by atoms with Gasteiger partial charge in [0.25, 0.3) is 0 Å². The number of allylic oxidation sites excluding steroid dienone is 1. The van der Waals surface area contributed by atoms with Gasteiger partial charge in [0, 0.05) is 50.6 Å². The molecule has 0 amide bonds. The summed E-state index contributed by atoms with van der Waals surface area (Å²) in [5, 5.41) is 0.436. The molecule has 0 saturated carbocycles. The van der Waals surface area contributed by atoms with Crippen molar-refractivity contribution in [3.8, 4) is 17.4 Å². The van der Waals surface area contributed by atoms with Crippen LogP contribution in [-0.2, 0) is 35.9 Å². The van der Waals surface area contributed by atoms with Gasteiger partial charge in [0.1, 0.15) is 24.5 Å². The molecule has 0 radical (unpaired) electrons. The van der Waals surface area contributed by atoms with Gasteiger partial charge in [-0.25, -0.2) is 9.37 Å². The number of nitrogens with zero attached hydrogens (tertiary/aromatic N) is 3. The monoisotopic (exact) mass is 705 g/mol. The maximum absolute atomic E-state index is 13.1. The molecule has 1 aliphatic rings. The molecule has 9 heteroatoms. The van der Waals surface area contributed by atoms with Gasteiger partial charge in [-0.1, -0.05) is 77.8 Å². The van der Waals surface area contributed by atoms with Gasteiger partial charge in [-0.15, -0.1) is 0 Å². The lowest BCUT2D eigenvalue weighted by Crippen LogP contribution is -2.45. The quantitative estimate of drug-likeness (QED) is 0.0845. The first kappa shape index (κ1) is 35.8. The summed E-state index contributed by atoms with van der Waals surface area (Å²) >= 11 is 6.77. The Labute approximate surface area is 303 Å². The highest BCUT2D eigenvalue weighted by Gasteiger charge is 2.22. The summed E-state index contributed by atoms with van der Waals surface area (Å²) in [4.78, 5) is 20.8. The fourth-order valence-corrected chi connectivity index (χ4v) is 6.24. The van der Waals surface area contributed by atoms with Crippen molar-refractivity contribution in [3.05, 3.63) is 159 Å². The highest BCUT2D eigenvalue weighted by atomic mass is 35.5. The van der Waals surface area contributed by atoms with E-state index in [0.29, 0.717) is 42.2 Å². The smallest absolute Gasteiger partial charge is 0.219 e. The Morgan fingerprint density at radius 3 is 2.06 bits per heavy atom. The molecule has 0 atom stereocenters. The molecule has 7 nitrogen and oxygen atoms in total. The Kier molecular flexibility index (Phi) is 12.1. The van der Waals surface area contributed by atoms with Crippen molar-refractivity contribution in [2.45, 2.75) is 40.2 Å². The van der Waals surface area contributed by atoms with Gasteiger partial charge in [-0.05, 0) is 77.6 Å². The molecule has 0 aliphatic carbocycles. The van der Waals surface area contributed by atoms with E-state index in [1.165, 1.54) is 23.3 Å². The van der Waals surface area contributed by atoms with Crippen molar-refractivity contribution >= 4 is 23.6 Å². The lowest BCUT2D eigenvalue weighted by Gasteiger charge is -2.37. The zero-order valence-corrected chi connectivity index (χ0v) is 29.6. The third-order valence-corrected chi connectivity index (χ3v) is 9.07. The van der Waals surface area contributed by atoms with Crippen LogP contribution in [-0.4, -0.2) is 47.2 Å². The first-order valence-electron chi connectivity index (χ1n) is 17.0. The third-order valence-electron chi connectivity index (χ3n) is 8.79. The van der Waals surface area contributed by atoms with Crippen LogP contribution in [0.25, 0.3) is 5.70 Å². The number of aryl methyl sites for hydroxylation is 2. The first-order chi connectivity index (χ1) is 24.8. The molecule has 1 fully saturated rings. The van der Waals surface area contributed by atoms with Crippen molar-refractivity contribution in [1.82, 2.24) is 14.8 Å². The van der Waals surface area contributed by atoms with Crippen molar-refractivity contribution in [2.24, 2.45) is 0 Å². The second kappa shape index (κ2) is 17.3. The molecule has 0 N–H and O–H groups in total. The van der Waals surface area contributed by atoms with Crippen LogP contribution in [0.3, 0.4) is 0 Å². The number of aldehydes is 1. The van der Waals surface area contributed by atoms with Crippen LogP contribution < -0.4 is 9.47 Å². The van der Waals surface area contributed by atoms with Crippen LogP contribution in [0.5, 0.6) is 17.4 Å². The van der Waals surface area contributed by atoms with Gasteiger partial charge >= 0.3 is 0 Å². The molecular weight excluding hydrogens is 665 g/mol. The Morgan fingerprint density at radius 1 is 0.804 bits per heavy atom.